The summed E-state index contributed by atoms with van der Waals surface area (Å²) in [6, 6.07) is 21.6. The topological polar surface area (TPSA) is 146 Å². The molecule has 1 fully saturated rings. The maximum atomic E-state index is 12.9. The first-order valence-corrected chi connectivity index (χ1v) is 16.5. The van der Waals surface area contributed by atoms with Crippen LogP contribution in [-0.2, 0) is 16.0 Å². The minimum Gasteiger partial charge on any atom is -0.508 e. The highest BCUT2D eigenvalue weighted by molar-refractivity contribution is 9.10. The second-order valence-corrected chi connectivity index (χ2v) is 12.9. The molecule has 6 rings (SSSR count). The summed E-state index contributed by atoms with van der Waals surface area (Å²) in [6.45, 7) is 0. The Morgan fingerprint density at radius 2 is 1.74 bits per heavy atom. The molecule has 0 unspecified atom stereocenters. The molecular weight excluding hydrogens is 694 g/mol. The van der Waals surface area contributed by atoms with Crippen molar-refractivity contribution in [2.24, 2.45) is 0 Å². The molecule has 1 saturated carbocycles. The van der Waals surface area contributed by atoms with Gasteiger partial charge in [0.2, 0.25) is 10.6 Å². The summed E-state index contributed by atoms with van der Waals surface area (Å²) in [5.41, 5.74) is 3.31. The summed E-state index contributed by atoms with van der Waals surface area (Å²) < 4.78 is 2.40. The average Bonchev–Trinajstić information content (AvgIpc) is 3.83. The molecule has 0 saturated heterocycles. The van der Waals surface area contributed by atoms with Crippen LogP contribution in [0.2, 0.25) is 5.02 Å². The molecule has 0 radical (unpaired) electrons. The zero-order valence-electron chi connectivity index (χ0n) is 24.1. The van der Waals surface area contributed by atoms with Gasteiger partial charge in [0.25, 0.3) is 5.91 Å². The molecule has 46 heavy (non-hydrogen) atoms. The van der Waals surface area contributed by atoms with E-state index in [0.29, 0.717) is 27.1 Å². The first kappa shape index (κ1) is 31.6. The number of rotatable bonds is 11. The lowest BCUT2D eigenvalue weighted by Gasteiger charge is -2.15. The van der Waals surface area contributed by atoms with Crippen molar-refractivity contribution in [3.8, 4) is 11.4 Å². The van der Waals surface area contributed by atoms with Gasteiger partial charge in [-0.25, -0.2) is 4.79 Å². The predicted octanol–water partition coefficient (Wildman–Crippen LogP) is 6.58. The Labute approximate surface area is 281 Å². The molecule has 0 spiro atoms. The third kappa shape index (κ3) is 7.04. The second kappa shape index (κ2) is 13.5. The predicted molar refractivity (Wildman–Crippen MR) is 180 cm³/mol. The molecule has 1 heterocycles. The van der Waals surface area contributed by atoms with E-state index in [9.17, 15) is 24.6 Å². The van der Waals surface area contributed by atoms with Crippen LogP contribution in [-0.4, -0.2) is 54.6 Å². The lowest BCUT2D eigenvalue weighted by Crippen LogP contribution is -2.42. The maximum Gasteiger partial charge on any atom is 0.326 e. The molecule has 4 aromatic carbocycles. The van der Waals surface area contributed by atoms with Crippen LogP contribution in [0.15, 0.2) is 88.8 Å². The number of fused-ring (bicyclic) bond motifs is 1. The van der Waals surface area contributed by atoms with Crippen molar-refractivity contribution in [1.82, 2.24) is 20.1 Å². The number of nitrogens with zero attached hydrogens (tertiary/aromatic N) is 3. The number of aliphatic carboxylic acids is 1. The van der Waals surface area contributed by atoms with Crippen molar-refractivity contribution in [2.75, 3.05) is 11.1 Å². The number of hydrogen-bond acceptors (Lipinski definition) is 7. The van der Waals surface area contributed by atoms with Gasteiger partial charge in [0, 0.05) is 17.4 Å². The number of hydrogen-bond donors (Lipinski definition) is 4. The molecule has 2 amide bonds. The minimum atomic E-state index is -1.21. The second-order valence-electron chi connectivity index (χ2n) is 10.8. The van der Waals surface area contributed by atoms with Gasteiger partial charge in [-0.05, 0) is 87.6 Å². The van der Waals surface area contributed by atoms with Gasteiger partial charge >= 0.3 is 5.97 Å². The van der Waals surface area contributed by atoms with Crippen molar-refractivity contribution in [2.45, 2.75) is 36.4 Å². The summed E-state index contributed by atoms with van der Waals surface area (Å²) in [5.74, 6) is -1.53. The number of phenols is 1. The Balaban J connectivity index is 1.11. The molecule has 1 aliphatic rings. The molecule has 13 heteroatoms. The number of aromatic nitrogens is 3. The smallest absolute Gasteiger partial charge is 0.326 e. The van der Waals surface area contributed by atoms with Crippen molar-refractivity contribution in [3.63, 3.8) is 0 Å². The number of carboxylic acid groups (broad SMARTS) is 1. The zero-order valence-corrected chi connectivity index (χ0v) is 27.3. The number of halogens is 2. The first-order chi connectivity index (χ1) is 22.2. The molecular formula is C33H27BrClN5O5S. The van der Waals surface area contributed by atoms with Crippen LogP contribution < -0.4 is 10.6 Å². The van der Waals surface area contributed by atoms with Crippen LogP contribution >= 0.6 is 39.3 Å². The number of nitrogens with one attached hydrogen (secondary N) is 2. The fraction of sp³-hybridized carbons (Fsp3) is 0.182. The Bertz CT molecular complexity index is 1960. The summed E-state index contributed by atoms with van der Waals surface area (Å²) >= 11 is 11.1. The third-order valence-electron chi connectivity index (χ3n) is 7.60. The molecule has 1 atom stereocenters. The van der Waals surface area contributed by atoms with E-state index in [2.05, 4.69) is 61.0 Å². The number of thioether (sulfide) groups is 1. The van der Waals surface area contributed by atoms with Gasteiger partial charge in [0.05, 0.1) is 22.2 Å². The van der Waals surface area contributed by atoms with Crippen LogP contribution in [0.25, 0.3) is 16.5 Å². The molecule has 0 bridgehead atoms. The van der Waals surface area contributed by atoms with Crippen molar-refractivity contribution >= 4 is 73.5 Å². The number of benzene rings is 4. The number of aromatic hydroxyl groups is 1. The molecule has 1 aromatic heterocycles. The number of anilines is 1. The number of phenolic OH excluding ortho intramolecular Hbond substituents is 1. The summed E-state index contributed by atoms with van der Waals surface area (Å²) in [6.07, 6.45) is 2.42. The average molecular weight is 721 g/mol. The third-order valence-corrected chi connectivity index (χ3v) is 9.36. The highest BCUT2D eigenvalue weighted by Gasteiger charge is 2.27. The quantitative estimate of drug-likeness (QED) is 0.112. The van der Waals surface area contributed by atoms with Gasteiger partial charge in [-0.2, -0.15) is 0 Å². The molecule has 10 nitrogen and oxygen atoms in total. The standard InChI is InChI=1S/C33H27BrClN5O5S/c34-32-38-39-33(40(32)28-14-12-22(19-7-8-19)23-3-1-2-4-24(23)28)46-17-29(42)36-26-13-9-20(16-25(26)35)30(43)37-27(31(44)45)15-18-5-10-21(41)11-6-18/h1-6,9-14,16,19,27,41H,7-8,15,17H2,(H,36,42)(H,37,43)(H,44,45)/t27-/m0/s1. The Hall–Kier alpha value is -4.39. The fourth-order valence-corrected chi connectivity index (χ4v) is 6.71. The largest absolute Gasteiger partial charge is 0.508 e. The van der Waals surface area contributed by atoms with Crippen LogP contribution in [0.4, 0.5) is 5.69 Å². The van der Waals surface area contributed by atoms with E-state index in [1.165, 1.54) is 65.9 Å². The molecule has 4 N–H and O–H groups in total. The highest BCUT2D eigenvalue weighted by atomic mass is 79.9. The Kier molecular flexibility index (Phi) is 9.29. The molecule has 1 aliphatic carbocycles. The van der Waals surface area contributed by atoms with Crippen molar-refractivity contribution in [1.29, 1.82) is 0 Å². The van der Waals surface area contributed by atoms with Crippen LogP contribution in [0.5, 0.6) is 5.75 Å². The monoisotopic (exact) mass is 719 g/mol. The van der Waals surface area contributed by atoms with Gasteiger partial charge in [-0.3, -0.25) is 14.2 Å². The minimum absolute atomic E-state index is 0.0132. The lowest BCUT2D eigenvalue weighted by molar-refractivity contribution is -0.139. The van der Waals surface area contributed by atoms with Gasteiger partial charge in [-0.15, -0.1) is 10.2 Å². The van der Waals surface area contributed by atoms with E-state index in [1.807, 2.05) is 16.7 Å². The van der Waals surface area contributed by atoms with Gasteiger partial charge in [0.15, 0.2) is 5.16 Å². The molecule has 234 valence electrons. The van der Waals surface area contributed by atoms with Gasteiger partial charge in [-0.1, -0.05) is 65.8 Å². The Morgan fingerprint density at radius 1 is 1.00 bits per heavy atom. The van der Waals surface area contributed by atoms with E-state index < -0.39 is 17.9 Å². The highest BCUT2D eigenvalue weighted by Crippen LogP contribution is 2.44. The Morgan fingerprint density at radius 3 is 2.43 bits per heavy atom. The summed E-state index contributed by atoms with van der Waals surface area (Å²) in [5, 5.41) is 35.7. The number of carbonyl (C=O) groups excluding carboxylic acids is 2. The maximum absolute atomic E-state index is 12.9. The zero-order chi connectivity index (χ0) is 32.4. The number of carboxylic acids is 1. The number of amides is 2. The van der Waals surface area contributed by atoms with Crippen molar-refractivity contribution in [3.05, 3.63) is 105 Å². The summed E-state index contributed by atoms with van der Waals surface area (Å²) in [7, 11) is 0. The summed E-state index contributed by atoms with van der Waals surface area (Å²) in [4.78, 5) is 37.6. The lowest BCUT2D eigenvalue weighted by atomic mass is 9.99. The molecule has 5 aromatic rings. The molecule has 0 aliphatic heterocycles. The van der Waals surface area contributed by atoms with Crippen LogP contribution in [0.3, 0.4) is 0 Å². The van der Waals surface area contributed by atoms with Gasteiger partial charge < -0.3 is 20.8 Å². The van der Waals surface area contributed by atoms with E-state index in [-0.39, 0.29) is 34.4 Å². The SMILES string of the molecule is O=C(CSc1nnc(Br)n1-c1ccc(C2CC2)c2ccccc12)Nc1ccc(C(=O)N[C@@H](Cc2ccc(O)cc2)C(=O)O)cc1Cl. The van der Waals surface area contributed by atoms with E-state index in [4.69, 9.17) is 11.6 Å². The normalized spacial score (nSPS) is 13.3. The fourth-order valence-electron chi connectivity index (χ4n) is 5.18. The van der Waals surface area contributed by atoms with Crippen molar-refractivity contribution < 1.29 is 24.6 Å². The van der Waals surface area contributed by atoms with Gasteiger partial charge in [0.1, 0.15) is 11.8 Å². The first-order valence-electron chi connectivity index (χ1n) is 14.3. The van der Waals surface area contributed by atoms with Crippen LogP contribution in [0.1, 0.15) is 40.2 Å². The van der Waals surface area contributed by atoms with E-state index in [1.54, 1.807) is 12.1 Å². The number of carbonyl (C=O) groups is 3. The van der Waals surface area contributed by atoms with Crippen LogP contribution in [0, 0.1) is 0 Å². The van der Waals surface area contributed by atoms with E-state index >= 15 is 0 Å². The van der Waals surface area contributed by atoms with E-state index in [0.717, 1.165) is 11.1 Å².